The minimum atomic E-state index is 0.491. The maximum Gasteiger partial charge on any atom is 0.191 e. The number of guanidine groups is 1. The Morgan fingerprint density at radius 2 is 2.26 bits per heavy atom. The molecule has 3 nitrogen and oxygen atoms in total. The van der Waals surface area contributed by atoms with Crippen LogP contribution in [0.3, 0.4) is 0 Å². The fourth-order valence-electron chi connectivity index (χ4n) is 2.47. The first kappa shape index (κ1) is 14.4. The Hall–Kier alpha value is -1.03. The van der Waals surface area contributed by atoms with Crippen LogP contribution >= 0.6 is 11.3 Å². The second-order valence-corrected chi connectivity index (χ2v) is 6.08. The molecule has 1 aromatic rings. The van der Waals surface area contributed by atoms with E-state index in [2.05, 4.69) is 41.3 Å². The van der Waals surface area contributed by atoms with Gasteiger partial charge in [0.05, 0.1) is 0 Å². The number of thiophene rings is 1. The maximum absolute atomic E-state index is 4.73. The van der Waals surface area contributed by atoms with Crippen molar-refractivity contribution in [2.24, 2.45) is 4.99 Å². The van der Waals surface area contributed by atoms with Crippen molar-refractivity contribution in [3.05, 3.63) is 22.4 Å². The minimum absolute atomic E-state index is 0.491. The fraction of sp³-hybridized carbons (Fsp3) is 0.667. The molecule has 1 saturated carbocycles. The Bertz CT molecular complexity index is 380. The standard InChI is InChI=1S/C15H25N3S/c1-3-16-15(18-14-6-4-5-7-14)17-10-12(2)13-8-9-19-11-13/h8-9,11-12,14H,3-7,10H2,1-2H3,(H2,16,17,18). The zero-order valence-electron chi connectivity index (χ0n) is 12.0. The van der Waals surface area contributed by atoms with Crippen molar-refractivity contribution in [3.8, 4) is 0 Å². The van der Waals surface area contributed by atoms with Crippen molar-refractivity contribution < 1.29 is 0 Å². The number of aliphatic imine (C=N–C) groups is 1. The second kappa shape index (κ2) is 7.53. The minimum Gasteiger partial charge on any atom is -0.357 e. The zero-order valence-corrected chi connectivity index (χ0v) is 12.8. The molecule has 0 aromatic carbocycles. The van der Waals surface area contributed by atoms with Gasteiger partial charge in [0, 0.05) is 25.0 Å². The fourth-order valence-corrected chi connectivity index (χ4v) is 3.25. The van der Waals surface area contributed by atoms with Crippen LogP contribution in [0.4, 0.5) is 0 Å². The lowest BCUT2D eigenvalue weighted by Crippen LogP contribution is -2.42. The summed E-state index contributed by atoms with van der Waals surface area (Å²) in [5, 5.41) is 11.3. The van der Waals surface area contributed by atoms with E-state index in [1.165, 1.54) is 31.2 Å². The van der Waals surface area contributed by atoms with Gasteiger partial charge in [-0.3, -0.25) is 4.99 Å². The highest BCUT2D eigenvalue weighted by Crippen LogP contribution is 2.19. The van der Waals surface area contributed by atoms with Gasteiger partial charge in [-0.2, -0.15) is 11.3 Å². The van der Waals surface area contributed by atoms with E-state index in [1.54, 1.807) is 11.3 Å². The molecule has 1 aliphatic rings. The molecule has 0 saturated heterocycles. The van der Waals surface area contributed by atoms with Crippen LogP contribution in [0, 0.1) is 0 Å². The number of nitrogens with one attached hydrogen (secondary N) is 2. The van der Waals surface area contributed by atoms with Crippen LogP contribution in [0.25, 0.3) is 0 Å². The quantitative estimate of drug-likeness (QED) is 0.640. The van der Waals surface area contributed by atoms with Crippen molar-refractivity contribution in [3.63, 3.8) is 0 Å². The molecule has 1 aliphatic carbocycles. The summed E-state index contributed by atoms with van der Waals surface area (Å²) in [6.07, 6.45) is 5.26. The van der Waals surface area contributed by atoms with Gasteiger partial charge in [-0.1, -0.05) is 19.8 Å². The van der Waals surface area contributed by atoms with Crippen molar-refractivity contribution >= 4 is 17.3 Å². The SMILES string of the molecule is CCNC(=NCC(C)c1ccsc1)NC1CCCC1. The van der Waals surface area contributed by atoms with Crippen LogP contribution in [0.1, 0.15) is 51.0 Å². The summed E-state index contributed by atoms with van der Waals surface area (Å²) in [5.74, 6) is 1.47. The molecule has 2 N–H and O–H groups in total. The third kappa shape index (κ3) is 4.53. The molecule has 4 heteroatoms. The van der Waals surface area contributed by atoms with Gasteiger partial charge in [-0.15, -0.1) is 0 Å². The van der Waals surface area contributed by atoms with E-state index in [1.807, 2.05) is 0 Å². The average Bonchev–Trinajstić information content (AvgIpc) is 3.08. The van der Waals surface area contributed by atoms with E-state index in [0.29, 0.717) is 12.0 Å². The molecule has 0 amide bonds. The molecule has 1 fully saturated rings. The Morgan fingerprint density at radius 3 is 2.89 bits per heavy atom. The molecule has 0 aliphatic heterocycles. The Labute approximate surface area is 120 Å². The van der Waals surface area contributed by atoms with Gasteiger partial charge in [-0.05, 0) is 42.2 Å². The molecule has 106 valence electrons. The zero-order chi connectivity index (χ0) is 13.5. The lowest BCUT2D eigenvalue weighted by molar-refractivity contribution is 0.611. The van der Waals surface area contributed by atoms with Crippen molar-refractivity contribution in [2.45, 2.75) is 51.5 Å². The van der Waals surface area contributed by atoms with Crippen molar-refractivity contribution in [1.82, 2.24) is 10.6 Å². The first-order valence-corrected chi connectivity index (χ1v) is 8.30. The normalized spacial score (nSPS) is 18.5. The average molecular weight is 279 g/mol. The molecule has 0 bridgehead atoms. The van der Waals surface area contributed by atoms with E-state index in [4.69, 9.17) is 4.99 Å². The highest BCUT2D eigenvalue weighted by molar-refractivity contribution is 7.07. The number of rotatable bonds is 5. The van der Waals surface area contributed by atoms with Gasteiger partial charge in [-0.25, -0.2) is 0 Å². The van der Waals surface area contributed by atoms with Gasteiger partial charge < -0.3 is 10.6 Å². The lowest BCUT2D eigenvalue weighted by atomic mass is 10.1. The van der Waals surface area contributed by atoms with E-state index in [0.717, 1.165) is 19.0 Å². The van der Waals surface area contributed by atoms with Crippen LogP contribution in [-0.4, -0.2) is 25.1 Å². The van der Waals surface area contributed by atoms with Crippen molar-refractivity contribution in [2.75, 3.05) is 13.1 Å². The molecule has 0 spiro atoms. The van der Waals surface area contributed by atoms with Crippen LogP contribution < -0.4 is 10.6 Å². The van der Waals surface area contributed by atoms with Gasteiger partial charge in [0.15, 0.2) is 5.96 Å². The number of hydrogen-bond donors (Lipinski definition) is 2. The Kier molecular flexibility index (Phi) is 5.70. The maximum atomic E-state index is 4.73. The van der Waals surface area contributed by atoms with E-state index in [9.17, 15) is 0 Å². The first-order valence-electron chi connectivity index (χ1n) is 7.36. The summed E-state index contributed by atoms with van der Waals surface area (Å²) < 4.78 is 0. The molecule has 0 radical (unpaired) electrons. The summed E-state index contributed by atoms with van der Waals surface area (Å²) in [7, 11) is 0. The first-order chi connectivity index (χ1) is 9.29. The molecular weight excluding hydrogens is 254 g/mol. The van der Waals surface area contributed by atoms with Gasteiger partial charge in [0.25, 0.3) is 0 Å². The van der Waals surface area contributed by atoms with Gasteiger partial charge in [0.1, 0.15) is 0 Å². The monoisotopic (exact) mass is 279 g/mol. The van der Waals surface area contributed by atoms with Crippen LogP contribution in [-0.2, 0) is 0 Å². The van der Waals surface area contributed by atoms with E-state index in [-0.39, 0.29) is 0 Å². The van der Waals surface area contributed by atoms with Gasteiger partial charge >= 0.3 is 0 Å². The number of hydrogen-bond acceptors (Lipinski definition) is 2. The molecule has 19 heavy (non-hydrogen) atoms. The molecular formula is C15H25N3S. The molecule has 1 aromatic heterocycles. The lowest BCUT2D eigenvalue weighted by Gasteiger charge is -2.17. The highest BCUT2D eigenvalue weighted by atomic mass is 32.1. The summed E-state index contributed by atoms with van der Waals surface area (Å²) in [4.78, 5) is 4.73. The summed E-state index contributed by atoms with van der Waals surface area (Å²) in [6.45, 7) is 6.13. The van der Waals surface area contributed by atoms with Crippen molar-refractivity contribution in [1.29, 1.82) is 0 Å². The van der Waals surface area contributed by atoms with Crippen LogP contribution in [0.15, 0.2) is 21.8 Å². The largest absolute Gasteiger partial charge is 0.357 e. The molecule has 2 rings (SSSR count). The third-order valence-corrected chi connectivity index (χ3v) is 4.38. The van der Waals surface area contributed by atoms with Crippen LogP contribution in [0.2, 0.25) is 0 Å². The smallest absolute Gasteiger partial charge is 0.191 e. The Morgan fingerprint density at radius 1 is 1.47 bits per heavy atom. The molecule has 1 heterocycles. The topological polar surface area (TPSA) is 36.4 Å². The van der Waals surface area contributed by atoms with E-state index >= 15 is 0 Å². The van der Waals surface area contributed by atoms with E-state index < -0.39 is 0 Å². The predicted octanol–water partition coefficient (Wildman–Crippen LogP) is 3.35. The summed E-state index contributed by atoms with van der Waals surface area (Å²) in [6, 6.07) is 2.82. The molecule has 1 atom stereocenters. The van der Waals surface area contributed by atoms with Crippen LogP contribution in [0.5, 0.6) is 0 Å². The van der Waals surface area contributed by atoms with Gasteiger partial charge in [0.2, 0.25) is 0 Å². The Balaban J connectivity index is 1.87. The predicted molar refractivity (Wildman–Crippen MR) is 84.1 cm³/mol. The second-order valence-electron chi connectivity index (χ2n) is 5.30. The molecule has 1 unspecified atom stereocenters. The third-order valence-electron chi connectivity index (χ3n) is 3.68. The highest BCUT2D eigenvalue weighted by Gasteiger charge is 2.16. The number of nitrogens with zero attached hydrogens (tertiary/aromatic N) is 1. The summed E-state index contributed by atoms with van der Waals surface area (Å²) >= 11 is 1.76. The summed E-state index contributed by atoms with van der Waals surface area (Å²) in [5.41, 5.74) is 1.39.